The summed E-state index contributed by atoms with van der Waals surface area (Å²) >= 11 is 7.40. The summed E-state index contributed by atoms with van der Waals surface area (Å²) in [5.74, 6) is 0.536. The van der Waals surface area contributed by atoms with Crippen LogP contribution >= 0.6 is 23.4 Å². The molecule has 0 aliphatic heterocycles. The van der Waals surface area contributed by atoms with Gasteiger partial charge in [0, 0.05) is 11.3 Å². The van der Waals surface area contributed by atoms with Crippen molar-refractivity contribution < 1.29 is 0 Å². The van der Waals surface area contributed by atoms with E-state index in [1.807, 2.05) is 0 Å². The molecule has 0 aliphatic rings. The molecular formula is C8H14ClN5S. The van der Waals surface area contributed by atoms with Gasteiger partial charge in [0.15, 0.2) is 0 Å². The van der Waals surface area contributed by atoms with Gasteiger partial charge in [-0.1, -0.05) is 0 Å². The number of nitrogens with zero attached hydrogens (tertiary/aromatic N) is 3. The van der Waals surface area contributed by atoms with Gasteiger partial charge in [-0.2, -0.15) is 26.7 Å². The Morgan fingerprint density at radius 1 is 1.40 bits per heavy atom. The minimum absolute atomic E-state index is 0.104. The molecule has 0 atom stereocenters. The molecule has 15 heavy (non-hydrogen) atoms. The SMILES string of the molecule is CSC(C)(C)CNc1nc(N)nc(Cl)n1. The fourth-order valence-electron chi connectivity index (χ4n) is 0.809. The van der Waals surface area contributed by atoms with Gasteiger partial charge in [0.2, 0.25) is 17.2 Å². The van der Waals surface area contributed by atoms with Crippen LogP contribution in [-0.2, 0) is 0 Å². The summed E-state index contributed by atoms with van der Waals surface area (Å²) in [5, 5.41) is 3.17. The van der Waals surface area contributed by atoms with E-state index in [4.69, 9.17) is 17.3 Å². The molecule has 0 bridgehead atoms. The largest absolute Gasteiger partial charge is 0.368 e. The second-order valence-corrected chi connectivity index (χ2v) is 5.46. The van der Waals surface area contributed by atoms with Gasteiger partial charge in [0.05, 0.1) is 0 Å². The van der Waals surface area contributed by atoms with E-state index in [0.717, 1.165) is 6.54 Å². The fraction of sp³-hybridized carbons (Fsp3) is 0.625. The highest BCUT2D eigenvalue weighted by Crippen LogP contribution is 2.21. The van der Waals surface area contributed by atoms with Crippen molar-refractivity contribution in [3.05, 3.63) is 5.28 Å². The first-order chi connectivity index (χ1) is 6.93. The Bertz CT molecular complexity index is 324. The molecule has 0 saturated carbocycles. The van der Waals surface area contributed by atoms with Gasteiger partial charge in [-0.05, 0) is 31.7 Å². The lowest BCUT2D eigenvalue weighted by molar-refractivity contribution is 0.746. The van der Waals surface area contributed by atoms with Crippen LogP contribution in [0.4, 0.5) is 11.9 Å². The summed E-state index contributed by atoms with van der Waals surface area (Å²) in [4.78, 5) is 11.5. The first kappa shape index (κ1) is 12.3. The number of hydrogen-bond donors (Lipinski definition) is 2. The van der Waals surface area contributed by atoms with Crippen LogP contribution in [-0.4, -0.2) is 32.5 Å². The van der Waals surface area contributed by atoms with Gasteiger partial charge in [0.1, 0.15) is 0 Å². The molecule has 0 spiro atoms. The lowest BCUT2D eigenvalue weighted by Crippen LogP contribution is -2.26. The Balaban J connectivity index is 2.65. The highest BCUT2D eigenvalue weighted by molar-refractivity contribution is 7.99. The van der Waals surface area contributed by atoms with E-state index in [1.165, 1.54) is 0 Å². The average Bonchev–Trinajstić information content (AvgIpc) is 2.14. The molecule has 1 aromatic rings. The quantitative estimate of drug-likeness (QED) is 0.843. The number of hydrogen-bond acceptors (Lipinski definition) is 6. The number of nitrogens with two attached hydrogens (primary N) is 1. The molecule has 0 saturated heterocycles. The molecule has 1 aromatic heterocycles. The van der Waals surface area contributed by atoms with Crippen LogP contribution in [0.3, 0.4) is 0 Å². The van der Waals surface area contributed by atoms with Crippen LogP contribution < -0.4 is 11.1 Å². The van der Waals surface area contributed by atoms with E-state index in [0.29, 0.717) is 5.95 Å². The summed E-state index contributed by atoms with van der Waals surface area (Å²) < 4.78 is 0.105. The summed E-state index contributed by atoms with van der Waals surface area (Å²) in [6.45, 7) is 4.97. The van der Waals surface area contributed by atoms with E-state index in [1.54, 1.807) is 11.8 Å². The van der Waals surface area contributed by atoms with E-state index >= 15 is 0 Å². The Morgan fingerprint density at radius 2 is 2.07 bits per heavy atom. The Morgan fingerprint density at radius 3 is 2.60 bits per heavy atom. The molecule has 0 fully saturated rings. The number of nitrogen functional groups attached to an aromatic ring is 1. The topological polar surface area (TPSA) is 76.7 Å². The second kappa shape index (κ2) is 4.85. The highest BCUT2D eigenvalue weighted by atomic mass is 35.5. The van der Waals surface area contributed by atoms with Crippen molar-refractivity contribution >= 4 is 35.3 Å². The van der Waals surface area contributed by atoms with Gasteiger partial charge in [0.25, 0.3) is 0 Å². The van der Waals surface area contributed by atoms with Crippen molar-refractivity contribution in [3.63, 3.8) is 0 Å². The van der Waals surface area contributed by atoms with Crippen LogP contribution in [0.1, 0.15) is 13.8 Å². The minimum Gasteiger partial charge on any atom is -0.368 e. The maximum Gasteiger partial charge on any atom is 0.228 e. The monoisotopic (exact) mass is 247 g/mol. The number of anilines is 2. The predicted octanol–water partition coefficient (Wildman–Crippen LogP) is 1.66. The van der Waals surface area contributed by atoms with Gasteiger partial charge < -0.3 is 11.1 Å². The van der Waals surface area contributed by atoms with Gasteiger partial charge in [-0.15, -0.1) is 0 Å². The zero-order valence-corrected chi connectivity index (χ0v) is 10.5. The van der Waals surface area contributed by atoms with E-state index in [9.17, 15) is 0 Å². The number of rotatable bonds is 4. The lowest BCUT2D eigenvalue weighted by atomic mass is 10.2. The summed E-state index contributed by atoms with van der Waals surface area (Å²) in [5.41, 5.74) is 5.44. The molecule has 84 valence electrons. The molecular weight excluding hydrogens is 234 g/mol. The second-order valence-electron chi connectivity index (χ2n) is 3.60. The number of nitrogens with one attached hydrogen (secondary N) is 1. The van der Waals surface area contributed by atoms with Gasteiger partial charge >= 0.3 is 0 Å². The van der Waals surface area contributed by atoms with Crippen molar-refractivity contribution in [3.8, 4) is 0 Å². The normalized spacial score (nSPS) is 11.5. The first-order valence-electron chi connectivity index (χ1n) is 4.39. The lowest BCUT2D eigenvalue weighted by Gasteiger charge is -2.22. The van der Waals surface area contributed by atoms with E-state index in [-0.39, 0.29) is 16.0 Å². The number of thioether (sulfide) groups is 1. The third kappa shape index (κ3) is 4.09. The van der Waals surface area contributed by atoms with Crippen LogP contribution in [0.2, 0.25) is 5.28 Å². The molecule has 5 nitrogen and oxygen atoms in total. The average molecular weight is 248 g/mol. The molecule has 3 N–H and O–H groups in total. The number of halogens is 1. The van der Waals surface area contributed by atoms with Gasteiger partial charge in [-0.3, -0.25) is 0 Å². The van der Waals surface area contributed by atoms with Crippen LogP contribution in [0.15, 0.2) is 0 Å². The number of aromatic nitrogens is 3. The predicted molar refractivity (Wildman–Crippen MR) is 65.3 cm³/mol. The van der Waals surface area contributed by atoms with Crippen LogP contribution in [0, 0.1) is 0 Å². The molecule has 0 radical (unpaired) electrons. The zero-order chi connectivity index (χ0) is 11.5. The van der Waals surface area contributed by atoms with Crippen molar-refractivity contribution in [1.29, 1.82) is 0 Å². The zero-order valence-electron chi connectivity index (χ0n) is 8.91. The molecule has 0 aliphatic carbocycles. The molecule has 1 heterocycles. The Kier molecular flexibility index (Phi) is 3.98. The first-order valence-corrected chi connectivity index (χ1v) is 5.99. The van der Waals surface area contributed by atoms with E-state index < -0.39 is 0 Å². The minimum atomic E-state index is 0.104. The third-order valence-electron chi connectivity index (χ3n) is 1.85. The van der Waals surface area contributed by atoms with Crippen LogP contribution in [0.25, 0.3) is 0 Å². The highest BCUT2D eigenvalue weighted by Gasteiger charge is 2.16. The Labute approximate surface area is 98.2 Å². The molecule has 0 aromatic carbocycles. The summed E-state index contributed by atoms with van der Waals surface area (Å²) in [6, 6.07) is 0. The smallest absolute Gasteiger partial charge is 0.228 e. The van der Waals surface area contributed by atoms with Crippen molar-refractivity contribution in [1.82, 2.24) is 15.0 Å². The summed E-state index contributed by atoms with van der Waals surface area (Å²) in [7, 11) is 0. The Hall–Kier alpha value is -0.750. The van der Waals surface area contributed by atoms with Crippen molar-refractivity contribution in [2.45, 2.75) is 18.6 Å². The van der Waals surface area contributed by atoms with Crippen LogP contribution in [0.5, 0.6) is 0 Å². The standard InChI is InChI=1S/C8H14ClN5S/c1-8(2,15-3)4-11-7-13-5(9)12-6(10)14-7/h4H2,1-3H3,(H3,10,11,12,13,14). The van der Waals surface area contributed by atoms with Gasteiger partial charge in [-0.25, -0.2) is 0 Å². The molecule has 0 unspecified atom stereocenters. The maximum atomic E-state index is 5.65. The molecule has 1 rings (SSSR count). The molecule has 7 heteroatoms. The summed E-state index contributed by atoms with van der Waals surface area (Å²) in [6.07, 6.45) is 2.05. The fourth-order valence-corrected chi connectivity index (χ4v) is 1.19. The third-order valence-corrected chi connectivity index (χ3v) is 3.27. The van der Waals surface area contributed by atoms with E-state index in [2.05, 4.69) is 40.4 Å². The molecule has 0 amide bonds. The van der Waals surface area contributed by atoms with Crippen molar-refractivity contribution in [2.24, 2.45) is 0 Å². The maximum absolute atomic E-state index is 5.65. The van der Waals surface area contributed by atoms with Crippen molar-refractivity contribution in [2.75, 3.05) is 23.9 Å².